The van der Waals surface area contributed by atoms with E-state index in [2.05, 4.69) is 24.1 Å². The molecule has 1 rings (SSSR count). The summed E-state index contributed by atoms with van der Waals surface area (Å²) in [4.78, 5) is 11.6. The number of carbonyl (C=O) groups excluding carboxylic acids is 1. The molecule has 0 heterocycles. The van der Waals surface area contributed by atoms with Crippen molar-refractivity contribution < 1.29 is 9.90 Å². The third kappa shape index (κ3) is 5.51. The molecule has 0 spiro atoms. The van der Waals surface area contributed by atoms with Crippen molar-refractivity contribution in [3.8, 4) is 11.8 Å². The molecule has 1 aromatic rings. The molecule has 1 aromatic carbocycles. The normalized spacial score (nSPS) is 9.44. The van der Waals surface area contributed by atoms with Crippen molar-refractivity contribution in [2.75, 3.05) is 11.9 Å². The zero-order chi connectivity index (χ0) is 13.2. The number of aliphatic hydroxyl groups is 1. The molecule has 3 nitrogen and oxygen atoms in total. The van der Waals surface area contributed by atoms with Gasteiger partial charge < -0.3 is 10.4 Å². The van der Waals surface area contributed by atoms with Gasteiger partial charge in [-0.25, -0.2) is 0 Å². The summed E-state index contributed by atoms with van der Waals surface area (Å²) in [5.41, 5.74) is 1.61. The largest absolute Gasteiger partial charge is 0.384 e. The minimum Gasteiger partial charge on any atom is -0.384 e. The van der Waals surface area contributed by atoms with Crippen LogP contribution in [0.3, 0.4) is 0 Å². The van der Waals surface area contributed by atoms with Crippen LogP contribution in [0.4, 0.5) is 5.69 Å². The highest BCUT2D eigenvalue weighted by Gasteiger charge is 2.01. The summed E-state index contributed by atoms with van der Waals surface area (Å²) in [5.74, 6) is 5.43. The molecule has 0 aliphatic heterocycles. The van der Waals surface area contributed by atoms with E-state index in [-0.39, 0.29) is 12.5 Å². The van der Waals surface area contributed by atoms with E-state index in [1.165, 1.54) is 0 Å². The van der Waals surface area contributed by atoms with Crippen LogP contribution in [-0.4, -0.2) is 17.6 Å². The molecule has 0 aliphatic carbocycles. The average Bonchev–Trinajstić information content (AvgIpc) is 2.38. The van der Waals surface area contributed by atoms with Gasteiger partial charge in [-0.2, -0.15) is 0 Å². The molecule has 3 heteroatoms. The van der Waals surface area contributed by atoms with Crippen LogP contribution in [0.25, 0.3) is 0 Å². The topological polar surface area (TPSA) is 49.3 Å². The van der Waals surface area contributed by atoms with E-state index in [4.69, 9.17) is 5.11 Å². The lowest BCUT2D eigenvalue weighted by molar-refractivity contribution is -0.116. The number of rotatable bonds is 5. The van der Waals surface area contributed by atoms with Crippen molar-refractivity contribution >= 4 is 11.6 Å². The Bertz CT molecular complexity index is 426. The smallest absolute Gasteiger partial charge is 0.224 e. The fraction of sp³-hybridized carbons (Fsp3) is 0.400. The summed E-state index contributed by atoms with van der Waals surface area (Å²) in [6.45, 7) is 1.97. The first kappa shape index (κ1) is 14.3. The van der Waals surface area contributed by atoms with Crippen LogP contribution in [-0.2, 0) is 4.79 Å². The molecule has 0 bridgehead atoms. The molecule has 0 atom stereocenters. The lowest BCUT2D eigenvalue weighted by Crippen LogP contribution is -2.10. The third-order valence-electron chi connectivity index (χ3n) is 2.49. The first-order valence-corrected chi connectivity index (χ1v) is 6.26. The molecule has 18 heavy (non-hydrogen) atoms. The molecule has 0 saturated heterocycles. The van der Waals surface area contributed by atoms with Gasteiger partial charge in [0.05, 0.1) is 0 Å². The zero-order valence-corrected chi connectivity index (χ0v) is 10.7. The second kappa shape index (κ2) is 8.32. The van der Waals surface area contributed by atoms with E-state index >= 15 is 0 Å². The van der Waals surface area contributed by atoms with Gasteiger partial charge in [0.15, 0.2) is 0 Å². The fourth-order valence-corrected chi connectivity index (χ4v) is 1.54. The van der Waals surface area contributed by atoms with Gasteiger partial charge in [0.2, 0.25) is 5.91 Å². The summed E-state index contributed by atoms with van der Waals surface area (Å²) in [6, 6.07) is 7.28. The molecular weight excluding hydrogens is 226 g/mol. The quantitative estimate of drug-likeness (QED) is 0.618. The number of unbranched alkanes of at least 4 members (excludes halogenated alkanes) is 2. The Balaban J connectivity index is 2.45. The van der Waals surface area contributed by atoms with Crippen LogP contribution in [0.2, 0.25) is 0 Å². The highest BCUT2D eigenvalue weighted by molar-refractivity contribution is 5.90. The predicted octanol–water partition coefficient (Wildman–Crippen LogP) is 2.55. The Labute approximate surface area is 108 Å². The average molecular weight is 245 g/mol. The minimum absolute atomic E-state index is 0.0534. The summed E-state index contributed by atoms with van der Waals surface area (Å²) in [7, 11) is 0. The maximum Gasteiger partial charge on any atom is 0.224 e. The maximum absolute atomic E-state index is 11.6. The Morgan fingerprint density at radius 1 is 1.28 bits per heavy atom. The molecule has 0 fully saturated rings. The number of anilines is 1. The van der Waals surface area contributed by atoms with Crippen molar-refractivity contribution in [1.82, 2.24) is 0 Å². The highest BCUT2D eigenvalue weighted by atomic mass is 16.2. The van der Waals surface area contributed by atoms with Gasteiger partial charge in [0, 0.05) is 17.7 Å². The summed E-state index contributed by atoms with van der Waals surface area (Å²) in [5, 5.41) is 11.4. The van der Waals surface area contributed by atoms with E-state index in [1.807, 2.05) is 24.3 Å². The van der Waals surface area contributed by atoms with Gasteiger partial charge >= 0.3 is 0 Å². The van der Waals surface area contributed by atoms with Gasteiger partial charge in [0.25, 0.3) is 0 Å². The van der Waals surface area contributed by atoms with Gasteiger partial charge in [-0.05, 0) is 30.7 Å². The summed E-state index contributed by atoms with van der Waals surface area (Å²) in [6.07, 6.45) is 3.71. The van der Waals surface area contributed by atoms with E-state index in [1.54, 1.807) is 0 Å². The molecule has 0 aliphatic rings. The molecule has 0 aromatic heterocycles. The fourth-order valence-electron chi connectivity index (χ4n) is 1.54. The van der Waals surface area contributed by atoms with Gasteiger partial charge in [0.1, 0.15) is 6.61 Å². The second-order valence-electron chi connectivity index (χ2n) is 4.04. The van der Waals surface area contributed by atoms with Gasteiger partial charge in [-0.3, -0.25) is 4.79 Å². The van der Waals surface area contributed by atoms with E-state index < -0.39 is 0 Å². The Morgan fingerprint density at radius 2 is 2.00 bits per heavy atom. The number of nitrogens with one attached hydrogen (secondary N) is 1. The number of benzene rings is 1. The van der Waals surface area contributed by atoms with Gasteiger partial charge in [-0.1, -0.05) is 31.6 Å². The van der Waals surface area contributed by atoms with E-state index in [9.17, 15) is 4.79 Å². The van der Waals surface area contributed by atoms with Crippen molar-refractivity contribution in [3.63, 3.8) is 0 Å². The molecule has 2 N–H and O–H groups in total. The standard InChI is InChI=1S/C15H19NO2/c1-2-3-4-7-15(18)16-14-10-8-13(9-11-14)6-5-12-17/h8-11,17H,2-4,7,12H2,1H3,(H,16,18). The van der Waals surface area contributed by atoms with Crippen LogP contribution in [0.15, 0.2) is 24.3 Å². The number of hydrogen-bond acceptors (Lipinski definition) is 2. The van der Waals surface area contributed by atoms with Crippen molar-refractivity contribution in [2.24, 2.45) is 0 Å². The first-order chi connectivity index (χ1) is 8.76. The summed E-state index contributed by atoms with van der Waals surface area (Å²) >= 11 is 0. The molecule has 0 unspecified atom stereocenters. The predicted molar refractivity (Wildman–Crippen MR) is 73.2 cm³/mol. The molecule has 0 radical (unpaired) electrons. The van der Waals surface area contributed by atoms with Gasteiger partial charge in [-0.15, -0.1) is 0 Å². The first-order valence-electron chi connectivity index (χ1n) is 6.26. The second-order valence-corrected chi connectivity index (χ2v) is 4.04. The lowest BCUT2D eigenvalue weighted by atomic mass is 10.2. The van der Waals surface area contributed by atoms with E-state index in [0.29, 0.717) is 6.42 Å². The SMILES string of the molecule is CCCCCC(=O)Nc1ccc(C#CCO)cc1. The number of amides is 1. The van der Waals surface area contributed by atoms with Crippen LogP contribution >= 0.6 is 0 Å². The Morgan fingerprint density at radius 3 is 2.61 bits per heavy atom. The minimum atomic E-state index is -0.143. The van der Waals surface area contributed by atoms with Crippen LogP contribution in [0.1, 0.15) is 38.2 Å². The third-order valence-corrected chi connectivity index (χ3v) is 2.49. The van der Waals surface area contributed by atoms with E-state index in [0.717, 1.165) is 30.5 Å². The lowest BCUT2D eigenvalue weighted by Gasteiger charge is -2.04. The Kier molecular flexibility index (Phi) is 6.60. The molecule has 1 amide bonds. The van der Waals surface area contributed by atoms with Crippen LogP contribution < -0.4 is 5.32 Å². The van der Waals surface area contributed by atoms with Crippen molar-refractivity contribution in [1.29, 1.82) is 0 Å². The maximum atomic E-state index is 11.6. The number of carbonyl (C=O) groups is 1. The van der Waals surface area contributed by atoms with Crippen LogP contribution in [0, 0.1) is 11.8 Å². The van der Waals surface area contributed by atoms with Crippen LogP contribution in [0.5, 0.6) is 0 Å². The Hall–Kier alpha value is -1.79. The number of hydrogen-bond donors (Lipinski definition) is 2. The van der Waals surface area contributed by atoms with Crippen molar-refractivity contribution in [2.45, 2.75) is 32.6 Å². The molecular formula is C15H19NO2. The zero-order valence-electron chi connectivity index (χ0n) is 10.7. The summed E-state index contributed by atoms with van der Waals surface area (Å²) < 4.78 is 0. The molecule has 96 valence electrons. The van der Waals surface area contributed by atoms with Crippen molar-refractivity contribution in [3.05, 3.63) is 29.8 Å². The highest BCUT2D eigenvalue weighted by Crippen LogP contribution is 2.10. The number of aliphatic hydroxyl groups excluding tert-OH is 1. The monoisotopic (exact) mass is 245 g/mol. The molecule has 0 saturated carbocycles.